The number of benzene rings is 1. The molecule has 1 unspecified atom stereocenters. The molecule has 0 fully saturated rings. The van der Waals surface area contributed by atoms with Crippen molar-refractivity contribution in [1.82, 2.24) is 5.32 Å². The Balaban J connectivity index is 2.44. The molecule has 19 heavy (non-hydrogen) atoms. The molecule has 0 aliphatic rings. The van der Waals surface area contributed by atoms with Crippen LogP contribution in [0.25, 0.3) is 0 Å². The fourth-order valence-corrected chi connectivity index (χ4v) is 2.60. The van der Waals surface area contributed by atoms with Gasteiger partial charge in [0.1, 0.15) is 0 Å². The molecule has 0 aliphatic heterocycles. The van der Waals surface area contributed by atoms with E-state index in [1.54, 1.807) is 0 Å². The fraction of sp³-hybridized carbons (Fsp3) is 0.625. The van der Waals surface area contributed by atoms with E-state index in [0.29, 0.717) is 6.04 Å². The Labute approximate surface area is 122 Å². The van der Waals surface area contributed by atoms with Crippen LogP contribution in [0.3, 0.4) is 0 Å². The molecule has 0 spiro atoms. The number of rotatable bonds is 7. The zero-order chi connectivity index (χ0) is 14.3. The summed E-state index contributed by atoms with van der Waals surface area (Å²) < 4.78 is 5.73. The molecule has 1 aromatic carbocycles. The van der Waals surface area contributed by atoms with Crippen molar-refractivity contribution in [3.05, 3.63) is 29.8 Å². The third kappa shape index (κ3) is 7.00. The van der Waals surface area contributed by atoms with Gasteiger partial charge >= 0.3 is 0 Å². The Morgan fingerprint density at radius 3 is 2.68 bits per heavy atom. The van der Waals surface area contributed by atoms with Gasteiger partial charge in [-0.25, -0.2) is 0 Å². The molecule has 0 saturated carbocycles. The third-order valence-corrected chi connectivity index (χ3v) is 3.71. The summed E-state index contributed by atoms with van der Waals surface area (Å²) in [6.45, 7) is 12.4. The Morgan fingerprint density at radius 2 is 2.05 bits per heavy atom. The van der Waals surface area contributed by atoms with Gasteiger partial charge in [0, 0.05) is 16.7 Å². The average molecular weight is 281 g/mol. The van der Waals surface area contributed by atoms with Crippen LogP contribution in [0.2, 0.25) is 0 Å². The van der Waals surface area contributed by atoms with E-state index in [1.165, 1.54) is 10.5 Å². The first-order valence-corrected chi connectivity index (χ1v) is 8.01. The maximum absolute atomic E-state index is 5.73. The van der Waals surface area contributed by atoms with Crippen LogP contribution >= 0.6 is 11.8 Å². The monoisotopic (exact) mass is 281 g/mol. The van der Waals surface area contributed by atoms with Crippen LogP contribution in [0.5, 0.6) is 0 Å². The van der Waals surface area contributed by atoms with Crippen LogP contribution in [0.1, 0.15) is 46.2 Å². The van der Waals surface area contributed by atoms with E-state index in [4.69, 9.17) is 4.74 Å². The van der Waals surface area contributed by atoms with E-state index < -0.39 is 0 Å². The maximum Gasteiger partial charge on any atom is 0.0598 e. The molecule has 108 valence electrons. The number of hydrogen-bond acceptors (Lipinski definition) is 3. The van der Waals surface area contributed by atoms with Gasteiger partial charge in [0.15, 0.2) is 0 Å². The van der Waals surface area contributed by atoms with Gasteiger partial charge in [-0.05, 0) is 51.9 Å². The van der Waals surface area contributed by atoms with Gasteiger partial charge in [-0.15, -0.1) is 11.8 Å². The number of hydrogen-bond donors (Lipinski definition) is 1. The smallest absolute Gasteiger partial charge is 0.0598 e. The molecule has 1 atom stereocenters. The van der Waals surface area contributed by atoms with Gasteiger partial charge in [-0.3, -0.25) is 0 Å². The van der Waals surface area contributed by atoms with E-state index in [0.717, 1.165) is 18.9 Å². The number of nitrogens with one attached hydrogen (secondary N) is 1. The Kier molecular flexibility index (Phi) is 6.90. The van der Waals surface area contributed by atoms with Crippen molar-refractivity contribution in [2.75, 3.05) is 18.9 Å². The molecule has 3 heteroatoms. The van der Waals surface area contributed by atoms with Gasteiger partial charge in [0.05, 0.1) is 12.2 Å². The predicted molar refractivity (Wildman–Crippen MR) is 85.0 cm³/mol. The molecule has 0 amide bonds. The van der Waals surface area contributed by atoms with Gasteiger partial charge in [-0.2, -0.15) is 0 Å². The summed E-state index contributed by atoms with van der Waals surface area (Å²) in [6, 6.07) is 9.18. The van der Waals surface area contributed by atoms with Crippen molar-refractivity contribution in [2.45, 2.75) is 51.2 Å². The second kappa shape index (κ2) is 7.93. The lowest BCUT2D eigenvalue weighted by Gasteiger charge is -2.19. The highest BCUT2D eigenvalue weighted by molar-refractivity contribution is 7.99. The zero-order valence-corrected chi connectivity index (χ0v) is 13.6. The fourth-order valence-electron chi connectivity index (χ4n) is 1.81. The highest BCUT2D eigenvalue weighted by Crippen LogP contribution is 2.22. The van der Waals surface area contributed by atoms with Crippen molar-refractivity contribution in [1.29, 1.82) is 0 Å². The van der Waals surface area contributed by atoms with Gasteiger partial charge in [0.25, 0.3) is 0 Å². The minimum atomic E-state index is -0.0397. The Bertz CT molecular complexity index is 373. The van der Waals surface area contributed by atoms with Crippen LogP contribution in [0, 0.1) is 0 Å². The average Bonchev–Trinajstić information content (AvgIpc) is 2.34. The van der Waals surface area contributed by atoms with Gasteiger partial charge in [-0.1, -0.05) is 19.1 Å². The Morgan fingerprint density at radius 1 is 1.32 bits per heavy atom. The summed E-state index contributed by atoms with van der Waals surface area (Å²) in [6.07, 6.45) is 0. The highest BCUT2D eigenvalue weighted by atomic mass is 32.2. The van der Waals surface area contributed by atoms with Crippen molar-refractivity contribution in [3.8, 4) is 0 Å². The molecular formula is C16H27NOS. The van der Waals surface area contributed by atoms with Crippen LogP contribution < -0.4 is 5.32 Å². The zero-order valence-electron chi connectivity index (χ0n) is 12.8. The number of thioether (sulfide) groups is 1. The van der Waals surface area contributed by atoms with Crippen LogP contribution in [-0.2, 0) is 4.74 Å². The lowest BCUT2D eigenvalue weighted by Crippen LogP contribution is -2.20. The van der Waals surface area contributed by atoms with Crippen LogP contribution in [0.4, 0.5) is 0 Å². The van der Waals surface area contributed by atoms with E-state index in [9.17, 15) is 0 Å². The van der Waals surface area contributed by atoms with Crippen molar-refractivity contribution >= 4 is 11.8 Å². The summed E-state index contributed by atoms with van der Waals surface area (Å²) >= 11 is 1.86. The minimum Gasteiger partial charge on any atom is -0.375 e. The molecule has 0 radical (unpaired) electrons. The largest absolute Gasteiger partial charge is 0.375 e. The lowest BCUT2D eigenvalue weighted by atomic mass is 10.1. The molecule has 2 nitrogen and oxygen atoms in total. The quantitative estimate of drug-likeness (QED) is 0.596. The molecule has 0 bridgehead atoms. The first-order valence-electron chi connectivity index (χ1n) is 7.02. The van der Waals surface area contributed by atoms with E-state index >= 15 is 0 Å². The summed E-state index contributed by atoms with van der Waals surface area (Å²) in [5.74, 6) is 0.996. The maximum atomic E-state index is 5.73. The first-order chi connectivity index (χ1) is 8.92. The van der Waals surface area contributed by atoms with Crippen LogP contribution in [0.15, 0.2) is 29.2 Å². The van der Waals surface area contributed by atoms with Gasteiger partial charge in [0.2, 0.25) is 0 Å². The second-order valence-electron chi connectivity index (χ2n) is 5.66. The van der Waals surface area contributed by atoms with E-state index in [1.807, 2.05) is 11.8 Å². The van der Waals surface area contributed by atoms with Crippen molar-refractivity contribution in [2.24, 2.45) is 0 Å². The minimum absolute atomic E-state index is 0.0397. The number of ether oxygens (including phenoxy) is 1. The molecule has 0 aliphatic carbocycles. The van der Waals surface area contributed by atoms with Gasteiger partial charge < -0.3 is 10.1 Å². The topological polar surface area (TPSA) is 21.3 Å². The highest BCUT2D eigenvalue weighted by Gasteiger charge is 2.09. The van der Waals surface area contributed by atoms with Crippen molar-refractivity contribution < 1.29 is 4.74 Å². The molecule has 0 heterocycles. The Hall–Kier alpha value is -0.510. The third-order valence-electron chi connectivity index (χ3n) is 2.76. The molecule has 1 aromatic rings. The lowest BCUT2D eigenvalue weighted by molar-refractivity contribution is 0.00695. The molecular weight excluding hydrogens is 254 g/mol. The molecule has 0 saturated heterocycles. The predicted octanol–water partition coefficient (Wildman–Crippen LogP) is 4.26. The van der Waals surface area contributed by atoms with Crippen LogP contribution in [-0.4, -0.2) is 24.5 Å². The first kappa shape index (κ1) is 16.5. The molecule has 1 N–H and O–H groups in total. The molecule has 0 aromatic heterocycles. The second-order valence-corrected chi connectivity index (χ2v) is 6.83. The summed E-state index contributed by atoms with van der Waals surface area (Å²) in [5, 5.41) is 3.44. The SMILES string of the molecule is CCNC(C)c1cccc(SCCOC(C)(C)C)c1. The summed E-state index contributed by atoms with van der Waals surface area (Å²) in [7, 11) is 0. The molecule has 1 rings (SSSR count). The normalized spacial score (nSPS) is 13.5. The standard InChI is InChI=1S/C16H27NOS/c1-6-17-13(2)14-8-7-9-15(12-14)19-11-10-18-16(3,4)5/h7-9,12-13,17H,6,10-11H2,1-5H3. The van der Waals surface area contributed by atoms with Crippen molar-refractivity contribution in [3.63, 3.8) is 0 Å². The summed E-state index contributed by atoms with van der Waals surface area (Å²) in [4.78, 5) is 1.32. The van der Waals surface area contributed by atoms with E-state index in [2.05, 4.69) is 64.2 Å². The summed E-state index contributed by atoms with van der Waals surface area (Å²) in [5.41, 5.74) is 1.31. The van der Waals surface area contributed by atoms with E-state index in [-0.39, 0.29) is 5.60 Å².